The molecule has 0 radical (unpaired) electrons. The summed E-state index contributed by atoms with van der Waals surface area (Å²) in [4.78, 5) is 6.80. The van der Waals surface area contributed by atoms with Gasteiger partial charge in [0.05, 0.1) is 5.52 Å². The van der Waals surface area contributed by atoms with Crippen LogP contribution in [0.1, 0.15) is 31.4 Å². The molecule has 26 heavy (non-hydrogen) atoms. The topological polar surface area (TPSA) is 48.4 Å². The highest BCUT2D eigenvalue weighted by atomic mass is 16.3. The second-order valence-corrected chi connectivity index (χ2v) is 6.72. The van der Waals surface area contributed by atoms with Gasteiger partial charge in [0, 0.05) is 35.1 Å². The van der Waals surface area contributed by atoms with Crippen LogP contribution in [0.15, 0.2) is 48.7 Å². The highest BCUT2D eigenvalue weighted by Crippen LogP contribution is 2.29. The van der Waals surface area contributed by atoms with Crippen molar-refractivity contribution in [2.24, 2.45) is 0 Å². The van der Waals surface area contributed by atoms with E-state index < -0.39 is 0 Å². The summed E-state index contributed by atoms with van der Waals surface area (Å²) in [5.41, 5.74) is 5.12. The van der Waals surface area contributed by atoms with Gasteiger partial charge in [-0.05, 0) is 62.3 Å². The molecule has 0 aliphatic rings. The number of nitrogens with zero attached hydrogens (tertiary/aromatic N) is 2. The predicted molar refractivity (Wildman–Crippen MR) is 109 cm³/mol. The van der Waals surface area contributed by atoms with Gasteiger partial charge in [0.25, 0.3) is 0 Å². The molecule has 3 rings (SSSR count). The number of hydrogen-bond donors (Lipinski definition) is 2. The quantitative estimate of drug-likeness (QED) is 0.574. The van der Waals surface area contributed by atoms with Crippen LogP contribution in [0.4, 0.5) is 11.4 Å². The summed E-state index contributed by atoms with van der Waals surface area (Å²) in [6.07, 6.45) is 2.93. The first-order valence-corrected chi connectivity index (χ1v) is 9.27. The number of aryl methyl sites for hydroxylation is 1. The lowest BCUT2D eigenvalue weighted by atomic mass is 10.1. The maximum atomic E-state index is 10.3. The Morgan fingerprint density at radius 1 is 1.08 bits per heavy atom. The third-order valence-corrected chi connectivity index (χ3v) is 4.64. The number of phenolic OH excluding ortho intramolecular Hbond substituents is 1. The second kappa shape index (κ2) is 8.19. The lowest BCUT2D eigenvalue weighted by Crippen LogP contribution is -2.23. The summed E-state index contributed by atoms with van der Waals surface area (Å²) >= 11 is 0. The molecule has 0 saturated heterocycles. The minimum Gasteiger partial charge on any atom is -0.508 e. The van der Waals surface area contributed by atoms with Gasteiger partial charge >= 0.3 is 0 Å². The molecule has 0 aliphatic heterocycles. The van der Waals surface area contributed by atoms with Crippen LogP contribution in [-0.2, 0) is 6.54 Å². The molecule has 0 bridgehead atoms. The Morgan fingerprint density at radius 2 is 1.92 bits per heavy atom. The number of hydrogen-bond acceptors (Lipinski definition) is 4. The van der Waals surface area contributed by atoms with Crippen molar-refractivity contribution < 1.29 is 5.11 Å². The summed E-state index contributed by atoms with van der Waals surface area (Å²) in [7, 11) is 0. The Kier molecular flexibility index (Phi) is 5.74. The average Bonchev–Trinajstić information content (AvgIpc) is 2.64. The summed E-state index contributed by atoms with van der Waals surface area (Å²) in [6.45, 7) is 9.16. The Morgan fingerprint density at radius 3 is 2.69 bits per heavy atom. The molecule has 0 amide bonds. The highest BCUT2D eigenvalue weighted by molar-refractivity contribution is 5.93. The second-order valence-electron chi connectivity index (χ2n) is 6.72. The van der Waals surface area contributed by atoms with Crippen molar-refractivity contribution in [2.45, 2.75) is 33.7 Å². The molecule has 1 aromatic heterocycles. The summed E-state index contributed by atoms with van der Waals surface area (Å²) in [6, 6.07) is 14.0. The van der Waals surface area contributed by atoms with Crippen LogP contribution >= 0.6 is 0 Å². The summed E-state index contributed by atoms with van der Waals surface area (Å²) < 4.78 is 0. The zero-order chi connectivity index (χ0) is 18.5. The highest BCUT2D eigenvalue weighted by Gasteiger charge is 2.09. The number of fused-ring (bicyclic) bond motifs is 1. The maximum absolute atomic E-state index is 10.3. The fourth-order valence-corrected chi connectivity index (χ4v) is 3.22. The van der Waals surface area contributed by atoms with Crippen molar-refractivity contribution in [3.63, 3.8) is 0 Å². The van der Waals surface area contributed by atoms with Gasteiger partial charge in [-0.1, -0.05) is 26.0 Å². The molecule has 1 heterocycles. The molecule has 0 atom stereocenters. The van der Waals surface area contributed by atoms with E-state index in [1.807, 2.05) is 24.4 Å². The third kappa shape index (κ3) is 4.14. The van der Waals surface area contributed by atoms with Crippen molar-refractivity contribution in [3.05, 3.63) is 59.8 Å². The van der Waals surface area contributed by atoms with Gasteiger partial charge in [-0.25, -0.2) is 0 Å². The van der Waals surface area contributed by atoms with Crippen LogP contribution in [0.3, 0.4) is 0 Å². The van der Waals surface area contributed by atoms with E-state index in [0.717, 1.165) is 53.9 Å². The number of pyridine rings is 1. The molecule has 2 aromatic carbocycles. The van der Waals surface area contributed by atoms with Gasteiger partial charge in [-0.15, -0.1) is 0 Å². The van der Waals surface area contributed by atoms with Gasteiger partial charge in [0.2, 0.25) is 0 Å². The Hall–Kier alpha value is -2.59. The Bertz CT molecular complexity index is 892. The first-order valence-electron chi connectivity index (χ1n) is 9.27. The fraction of sp³-hybridized carbons (Fsp3) is 0.318. The number of aromatic hydroxyl groups is 1. The van der Waals surface area contributed by atoms with Crippen LogP contribution in [0.5, 0.6) is 5.75 Å². The van der Waals surface area contributed by atoms with Crippen LogP contribution in [0.25, 0.3) is 10.9 Å². The van der Waals surface area contributed by atoms with E-state index in [1.165, 1.54) is 5.56 Å². The lowest BCUT2D eigenvalue weighted by molar-refractivity contribution is 0.276. The third-order valence-electron chi connectivity index (χ3n) is 4.64. The molecule has 0 aliphatic carbocycles. The van der Waals surface area contributed by atoms with Crippen molar-refractivity contribution in [2.75, 3.05) is 18.4 Å². The number of aromatic nitrogens is 1. The van der Waals surface area contributed by atoms with Crippen LogP contribution in [-0.4, -0.2) is 28.1 Å². The van der Waals surface area contributed by atoms with Crippen LogP contribution < -0.4 is 5.32 Å². The molecular weight excluding hydrogens is 322 g/mol. The molecule has 0 unspecified atom stereocenters. The zero-order valence-electron chi connectivity index (χ0n) is 15.8. The smallest absolute Gasteiger partial charge is 0.120 e. The van der Waals surface area contributed by atoms with E-state index >= 15 is 0 Å². The van der Waals surface area contributed by atoms with E-state index in [-0.39, 0.29) is 0 Å². The van der Waals surface area contributed by atoms with Gasteiger partial charge < -0.3 is 10.4 Å². The molecule has 4 nitrogen and oxygen atoms in total. The van der Waals surface area contributed by atoms with E-state index in [4.69, 9.17) is 0 Å². The van der Waals surface area contributed by atoms with Crippen LogP contribution in [0, 0.1) is 6.92 Å². The minimum absolute atomic E-state index is 0.348. The van der Waals surface area contributed by atoms with Crippen molar-refractivity contribution in [3.8, 4) is 5.75 Å². The number of benzene rings is 2. The zero-order valence-corrected chi connectivity index (χ0v) is 15.8. The van der Waals surface area contributed by atoms with Crippen molar-refractivity contribution in [1.82, 2.24) is 9.88 Å². The molecule has 0 saturated carbocycles. The van der Waals surface area contributed by atoms with Gasteiger partial charge in [0.1, 0.15) is 5.75 Å². The Balaban J connectivity index is 1.88. The van der Waals surface area contributed by atoms with Crippen molar-refractivity contribution >= 4 is 22.3 Å². The fourth-order valence-electron chi connectivity index (χ4n) is 3.22. The Labute approximate surface area is 155 Å². The van der Waals surface area contributed by atoms with E-state index in [1.54, 1.807) is 6.07 Å². The molecular formula is C22H27N3O. The summed E-state index contributed by atoms with van der Waals surface area (Å²) in [5.74, 6) is 0.348. The van der Waals surface area contributed by atoms with Crippen LogP contribution in [0.2, 0.25) is 0 Å². The minimum atomic E-state index is 0.348. The summed E-state index contributed by atoms with van der Waals surface area (Å²) in [5, 5.41) is 14.8. The number of anilines is 2. The van der Waals surface area contributed by atoms with Gasteiger partial charge in [-0.2, -0.15) is 0 Å². The molecule has 3 aromatic rings. The normalized spacial score (nSPS) is 11.2. The average molecular weight is 349 g/mol. The predicted octanol–water partition coefficient (Wildman–Crippen LogP) is 5.22. The number of phenols is 1. The first kappa shape index (κ1) is 18.2. The van der Waals surface area contributed by atoms with Gasteiger partial charge in [0.15, 0.2) is 0 Å². The van der Waals surface area contributed by atoms with E-state index in [2.05, 4.69) is 54.2 Å². The van der Waals surface area contributed by atoms with E-state index in [0.29, 0.717) is 5.75 Å². The molecule has 0 fully saturated rings. The van der Waals surface area contributed by atoms with Crippen molar-refractivity contribution in [1.29, 1.82) is 0 Å². The standard InChI is InChI=1S/C22H27N3O/c1-4-12-25(5-2)15-17-14-18(7-9-22(17)26)24-20-10-11-23-21-13-16(3)6-8-19(20)21/h6-11,13-14,26H,4-5,12,15H2,1-3H3,(H,23,24). The van der Waals surface area contributed by atoms with Gasteiger partial charge in [-0.3, -0.25) is 9.88 Å². The first-order chi connectivity index (χ1) is 12.6. The monoisotopic (exact) mass is 349 g/mol. The number of nitrogens with one attached hydrogen (secondary N) is 1. The molecule has 136 valence electrons. The maximum Gasteiger partial charge on any atom is 0.120 e. The molecule has 2 N–H and O–H groups in total. The number of rotatable bonds is 7. The SMILES string of the molecule is CCCN(CC)Cc1cc(Nc2ccnc3cc(C)ccc23)ccc1O. The largest absolute Gasteiger partial charge is 0.508 e. The van der Waals surface area contributed by atoms with E-state index in [9.17, 15) is 5.11 Å². The lowest BCUT2D eigenvalue weighted by Gasteiger charge is -2.21. The molecule has 4 heteroatoms. The molecule has 0 spiro atoms.